The molecule has 0 bridgehead atoms. The summed E-state index contributed by atoms with van der Waals surface area (Å²) in [6, 6.07) is 17.6. The van der Waals surface area contributed by atoms with Crippen molar-refractivity contribution in [2.45, 2.75) is 40.3 Å². The summed E-state index contributed by atoms with van der Waals surface area (Å²) in [6.07, 6.45) is 1.95. The average molecular weight is 476 g/mol. The number of benzene rings is 2. The molecule has 0 spiro atoms. The second kappa shape index (κ2) is 11.4. The van der Waals surface area contributed by atoms with Crippen LogP contribution in [-0.4, -0.2) is 33.9 Å². The van der Waals surface area contributed by atoms with E-state index in [9.17, 15) is 4.79 Å². The van der Waals surface area contributed by atoms with Gasteiger partial charge in [-0.25, -0.2) is 4.98 Å². The molecule has 0 aliphatic rings. The minimum Gasteiger partial charge on any atom is -0.487 e. The number of rotatable bonds is 11. The number of ether oxygens (including phenoxy) is 3. The minimum absolute atomic E-state index is 0.128. The average Bonchev–Trinajstić information content (AvgIpc) is 3.42. The van der Waals surface area contributed by atoms with E-state index in [-0.39, 0.29) is 12.4 Å². The Labute approximate surface area is 204 Å². The Kier molecular flexibility index (Phi) is 7.82. The van der Waals surface area contributed by atoms with Crippen molar-refractivity contribution in [3.63, 3.8) is 0 Å². The van der Waals surface area contributed by atoms with Crippen LogP contribution in [0.1, 0.15) is 36.4 Å². The normalized spacial score (nSPS) is 10.8. The molecular formula is C27H29N3O5. The number of hydrogen-bond donors (Lipinski definition) is 0. The van der Waals surface area contributed by atoms with Crippen LogP contribution in [0.4, 0.5) is 0 Å². The van der Waals surface area contributed by atoms with Crippen molar-refractivity contribution in [1.29, 1.82) is 0 Å². The zero-order chi connectivity index (χ0) is 24.6. The van der Waals surface area contributed by atoms with Gasteiger partial charge in [0, 0.05) is 17.3 Å². The zero-order valence-corrected chi connectivity index (χ0v) is 20.2. The molecule has 0 unspecified atom stereocenters. The van der Waals surface area contributed by atoms with Gasteiger partial charge in [-0.2, -0.15) is 0 Å². The molecule has 0 aliphatic heterocycles. The summed E-state index contributed by atoms with van der Waals surface area (Å²) < 4.78 is 24.1. The Bertz CT molecular complexity index is 1250. The van der Waals surface area contributed by atoms with E-state index in [1.165, 1.54) is 0 Å². The SMILES string of the molecule is CCOC(=O)Cc1cn(Cc2ccc(OCc3nc(-c4ccccc4)oc3C)cc2)nc1OCC. The number of aryl methyl sites for hydroxylation is 1. The first-order chi connectivity index (χ1) is 17.1. The molecule has 0 saturated carbocycles. The van der Waals surface area contributed by atoms with E-state index in [0.29, 0.717) is 43.7 Å². The second-order valence-electron chi connectivity index (χ2n) is 7.89. The van der Waals surface area contributed by atoms with Gasteiger partial charge in [-0.3, -0.25) is 9.48 Å². The molecular weight excluding hydrogens is 446 g/mol. The Hall–Kier alpha value is -4.07. The molecule has 2 aromatic heterocycles. The standard InChI is InChI=1S/C27H29N3O5/c1-4-32-25(31)15-22-17-30(29-27(22)33-5-2)16-20-11-13-23(14-12-20)34-18-24-19(3)35-26(28-24)21-9-7-6-8-10-21/h6-14,17H,4-5,15-16,18H2,1-3H3. The van der Waals surface area contributed by atoms with Gasteiger partial charge >= 0.3 is 5.97 Å². The first-order valence-corrected chi connectivity index (χ1v) is 11.6. The van der Waals surface area contributed by atoms with E-state index in [2.05, 4.69) is 10.1 Å². The van der Waals surface area contributed by atoms with Gasteiger partial charge < -0.3 is 18.6 Å². The highest BCUT2D eigenvalue weighted by Crippen LogP contribution is 2.23. The molecule has 8 nitrogen and oxygen atoms in total. The van der Waals surface area contributed by atoms with Crippen molar-refractivity contribution >= 4 is 5.97 Å². The van der Waals surface area contributed by atoms with Crippen LogP contribution >= 0.6 is 0 Å². The fraction of sp³-hybridized carbons (Fsp3) is 0.296. The quantitative estimate of drug-likeness (QED) is 0.283. The number of carbonyl (C=O) groups excluding carboxylic acids is 1. The van der Waals surface area contributed by atoms with Crippen LogP contribution in [0.25, 0.3) is 11.5 Å². The molecule has 2 aromatic carbocycles. The molecule has 0 N–H and O–H groups in total. The number of carbonyl (C=O) groups is 1. The maximum Gasteiger partial charge on any atom is 0.310 e. The number of oxazole rings is 1. The van der Waals surface area contributed by atoms with E-state index < -0.39 is 0 Å². The summed E-state index contributed by atoms with van der Waals surface area (Å²) in [6.45, 7) is 7.22. The number of hydrogen-bond acceptors (Lipinski definition) is 7. The lowest BCUT2D eigenvalue weighted by Crippen LogP contribution is -2.08. The number of aromatic nitrogens is 3. The van der Waals surface area contributed by atoms with Crippen molar-refractivity contribution in [2.75, 3.05) is 13.2 Å². The summed E-state index contributed by atoms with van der Waals surface area (Å²) in [7, 11) is 0. The van der Waals surface area contributed by atoms with Crippen molar-refractivity contribution < 1.29 is 23.4 Å². The van der Waals surface area contributed by atoms with Crippen LogP contribution in [0.5, 0.6) is 11.6 Å². The van der Waals surface area contributed by atoms with Gasteiger partial charge in [0.05, 0.1) is 26.2 Å². The minimum atomic E-state index is -0.298. The zero-order valence-electron chi connectivity index (χ0n) is 20.2. The van der Waals surface area contributed by atoms with Gasteiger partial charge in [0.25, 0.3) is 0 Å². The van der Waals surface area contributed by atoms with Gasteiger partial charge in [-0.05, 0) is 50.6 Å². The Morgan fingerprint density at radius 3 is 2.49 bits per heavy atom. The molecule has 4 rings (SSSR count). The molecule has 0 atom stereocenters. The molecule has 0 fully saturated rings. The fourth-order valence-electron chi connectivity index (χ4n) is 3.57. The Morgan fingerprint density at radius 1 is 1.00 bits per heavy atom. The smallest absolute Gasteiger partial charge is 0.310 e. The third kappa shape index (κ3) is 6.29. The van der Waals surface area contributed by atoms with Gasteiger partial charge in [0.1, 0.15) is 23.8 Å². The van der Waals surface area contributed by atoms with Gasteiger partial charge in [0.2, 0.25) is 11.8 Å². The molecule has 182 valence electrons. The molecule has 4 aromatic rings. The largest absolute Gasteiger partial charge is 0.487 e. The van der Waals surface area contributed by atoms with E-state index in [1.54, 1.807) is 11.6 Å². The Balaban J connectivity index is 1.37. The highest BCUT2D eigenvalue weighted by Gasteiger charge is 2.15. The van der Waals surface area contributed by atoms with Crippen molar-refractivity contribution in [3.05, 3.63) is 83.4 Å². The van der Waals surface area contributed by atoms with Crippen LogP contribution in [-0.2, 0) is 29.1 Å². The highest BCUT2D eigenvalue weighted by atomic mass is 16.5. The molecule has 0 amide bonds. The lowest BCUT2D eigenvalue weighted by Gasteiger charge is -2.06. The third-order valence-corrected chi connectivity index (χ3v) is 5.28. The Morgan fingerprint density at radius 2 is 1.77 bits per heavy atom. The van der Waals surface area contributed by atoms with Crippen molar-refractivity contribution in [3.8, 4) is 23.1 Å². The number of nitrogens with zero attached hydrogens (tertiary/aromatic N) is 3. The maximum atomic E-state index is 11.9. The van der Waals surface area contributed by atoms with Crippen LogP contribution < -0.4 is 9.47 Å². The van der Waals surface area contributed by atoms with Crippen molar-refractivity contribution in [1.82, 2.24) is 14.8 Å². The lowest BCUT2D eigenvalue weighted by molar-refractivity contribution is -0.142. The summed E-state index contributed by atoms with van der Waals surface area (Å²) in [4.78, 5) is 16.5. The van der Waals surface area contributed by atoms with Gasteiger partial charge in [0.15, 0.2) is 0 Å². The molecule has 0 saturated heterocycles. The van der Waals surface area contributed by atoms with E-state index in [1.807, 2.05) is 74.6 Å². The molecule has 8 heteroatoms. The van der Waals surface area contributed by atoms with E-state index >= 15 is 0 Å². The van der Waals surface area contributed by atoms with Crippen LogP contribution in [0.2, 0.25) is 0 Å². The first kappa shape index (κ1) is 24.1. The predicted octanol–water partition coefficient (Wildman–Crippen LogP) is 4.98. The van der Waals surface area contributed by atoms with Gasteiger partial charge in [-0.1, -0.05) is 30.3 Å². The molecule has 2 heterocycles. The van der Waals surface area contributed by atoms with E-state index in [4.69, 9.17) is 18.6 Å². The first-order valence-electron chi connectivity index (χ1n) is 11.6. The van der Waals surface area contributed by atoms with Crippen molar-refractivity contribution in [2.24, 2.45) is 0 Å². The second-order valence-corrected chi connectivity index (χ2v) is 7.89. The third-order valence-electron chi connectivity index (χ3n) is 5.28. The summed E-state index contributed by atoms with van der Waals surface area (Å²) in [5, 5.41) is 4.48. The predicted molar refractivity (Wildman–Crippen MR) is 130 cm³/mol. The summed E-state index contributed by atoms with van der Waals surface area (Å²) >= 11 is 0. The van der Waals surface area contributed by atoms with Gasteiger partial charge in [-0.15, -0.1) is 5.10 Å². The molecule has 35 heavy (non-hydrogen) atoms. The summed E-state index contributed by atoms with van der Waals surface area (Å²) in [5.41, 5.74) is 3.45. The van der Waals surface area contributed by atoms with Crippen LogP contribution in [0, 0.1) is 6.92 Å². The number of esters is 1. The maximum absolute atomic E-state index is 11.9. The molecule has 0 radical (unpaired) electrons. The van der Waals surface area contributed by atoms with Crippen LogP contribution in [0.3, 0.4) is 0 Å². The molecule has 0 aliphatic carbocycles. The van der Waals surface area contributed by atoms with E-state index in [0.717, 1.165) is 28.3 Å². The highest BCUT2D eigenvalue weighted by molar-refractivity contribution is 5.73. The fourth-order valence-corrected chi connectivity index (χ4v) is 3.57. The topological polar surface area (TPSA) is 88.6 Å². The summed E-state index contributed by atoms with van der Waals surface area (Å²) in [5.74, 6) is 2.22. The monoisotopic (exact) mass is 475 g/mol. The lowest BCUT2D eigenvalue weighted by atomic mass is 10.2. The van der Waals surface area contributed by atoms with Crippen LogP contribution in [0.15, 0.2) is 65.2 Å².